The number of anilines is 1. The van der Waals surface area contributed by atoms with E-state index >= 15 is 0 Å². The van der Waals surface area contributed by atoms with Crippen LogP contribution in [0.4, 0.5) is 10.5 Å². The van der Waals surface area contributed by atoms with Gasteiger partial charge in [0.1, 0.15) is 5.75 Å². The Labute approximate surface area is 116 Å². The van der Waals surface area contributed by atoms with Crippen LogP contribution in [0, 0.1) is 0 Å². The van der Waals surface area contributed by atoms with E-state index in [1.165, 1.54) is 6.92 Å². The Morgan fingerprint density at radius 2 is 1.90 bits per heavy atom. The maximum absolute atomic E-state index is 11.5. The van der Waals surface area contributed by atoms with Gasteiger partial charge in [-0.05, 0) is 19.1 Å². The van der Waals surface area contributed by atoms with Crippen molar-refractivity contribution in [1.29, 1.82) is 0 Å². The van der Waals surface area contributed by atoms with E-state index in [0.717, 1.165) is 0 Å². The zero-order valence-corrected chi connectivity index (χ0v) is 11.4. The van der Waals surface area contributed by atoms with Gasteiger partial charge in [0.15, 0.2) is 6.61 Å². The molecule has 0 aliphatic carbocycles. The fourth-order valence-corrected chi connectivity index (χ4v) is 1.40. The number of carbonyl (C=O) groups is 3. The Kier molecular flexibility index (Phi) is 6.02. The molecule has 108 valence electrons. The van der Waals surface area contributed by atoms with Gasteiger partial charge in [0.05, 0.1) is 5.69 Å². The Morgan fingerprint density at radius 3 is 2.55 bits per heavy atom. The molecule has 0 aliphatic heterocycles. The number of amides is 4. The summed E-state index contributed by atoms with van der Waals surface area (Å²) < 4.78 is 5.27. The van der Waals surface area contributed by atoms with E-state index in [-0.39, 0.29) is 12.5 Å². The number of imide groups is 1. The molecule has 0 spiro atoms. The second-order valence-corrected chi connectivity index (χ2v) is 3.87. The van der Waals surface area contributed by atoms with Gasteiger partial charge in [-0.2, -0.15) is 0 Å². The third kappa shape index (κ3) is 5.38. The molecule has 0 atom stereocenters. The van der Waals surface area contributed by atoms with E-state index in [9.17, 15) is 14.4 Å². The molecule has 0 aromatic heterocycles. The molecular formula is C13H17N3O4. The van der Waals surface area contributed by atoms with Crippen LogP contribution in [0.25, 0.3) is 0 Å². The van der Waals surface area contributed by atoms with Crippen molar-refractivity contribution >= 4 is 23.5 Å². The van der Waals surface area contributed by atoms with E-state index in [4.69, 9.17) is 4.74 Å². The topological polar surface area (TPSA) is 96.5 Å². The van der Waals surface area contributed by atoms with Crippen LogP contribution in [0.5, 0.6) is 5.75 Å². The monoisotopic (exact) mass is 279 g/mol. The minimum absolute atomic E-state index is 0.243. The lowest BCUT2D eigenvalue weighted by molar-refractivity contribution is -0.122. The highest BCUT2D eigenvalue weighted by molar-refractivity contribution is 5.95. The number of benzene rings is 1. The Balaban J connectivity index is 2.55. The van der Waals surface area contributed by atoms with Gasteiger partial charge in [-0.15, -0.1) is 0 Å². The van der Waals surface area contributed by atoms with E-state index in [2.05, 4.69) is 16.0 Å². The second-order valence-electron chi connectivity index (χ2n) is 3.87. The summed E-state index contributed by atoms with van der Waals surface area (Å²) in [5.41, 5.74) is 0.464. The smallest absolute Gasteiger partial charge is 0.321 e. The second kappa shape index (κ2) is 7.78. The average Bonchev–Trinajstić information content (AvgIpc) is 2.37. The normalized spacial score (nSPS) is 9.50. The van der Waals surface area contributed by atoms with E-state index in [0.29, 0.717) is 18.0 Å². The van der Waals surface area contributed by atoms with Crippen molar-refractivity contribution in [2.45, 2.75) is 13.8 Å². The molecule has 1 rings (SSSR count). The number of nitrogens with one attached hydrogen (secondary N) is 3. The fourth-order valence-electron chi connectivity index (χ4n) is 1.40. The molecule has 0 saturated carbocycles. The van der Waals surface area contributed by atoms with E-state index < -0.39 is 11.9 Å². The zero-order chi connectivity index (χ0) is 15.0. The van der Waals surface area contributed by atoms with Gasteiger partial charge < -0.3 is 15.4 Å². The van der Waals surface area contributed by atoms with Gasteiger partial charge in [-0.25, -0.2) is 4.79 Å². The summed E-state index contributed by atoms with van der Waals surface area (Å²) in [5, 5.41) is 7.12. The maximum atomic E-state index is 11.5. The van der Waals surface area contributed by atoms with Crippen LogP contribution in [-0.4, -0.2) is 31.0 Å². The first kappa shape index (κ1) is 15.5. The molecule has 1 aromatic rings. The number of rotatable bonds is 5. The number of ether oxygens (including phenoxy) is 1. The van der Waals surface area contributed by atoms with Gasteiger partial charge in [0, 0.05) is 13.5 Å². The summed E-state index contributed by atoms with van der Waals surface area (Å²) in [7, 11) is 0. The summed E-state index contributed by atoms with van der Waals surface area (Å²) in [5.74, 6) is -0.463. The lowest BCUT2D eigenvalue weighted by atomic mass is 10.3. The number of para-hydroxylation sites is 2. The van der Waals surface area contributed by atoms with Gasteiger partial charge in [-0.3, -0.25) is 14.9 Å². The van der Waals surface area contributed by atoms with E-state index in [1.54, 1.807) is 31.2 Å². The third-order valence-electron chi connectivity index (χ3n) is 2.15. The van der Waals surface area contributed by atoms with Gasteiger partial charge >= 0.3 is 6.03 Å². The third-order valence-corrected chi connectivity index (χ3v) is 2.15. The molecule has 1 aromatic carbocycles. The maximum Gasteiger partial charge on any atom is 0.321 e. The highest BCUT2D eigenvalue weighted by Gasteiger charge is 2.09. The lowest BCUT2D eigenvalue weighted by Crippen LogP contribution is -2.41. The van der Waals surface area contributed by atoms with Crippen molar-refractivity contribution in [3.8, 4) is 5.75 Å². The molecule has 20 heavy (non-hydrogen) atoms. The van der Waals surface area contributed by atoms with E-state index in [1.807, 2.05) is 0 Å². The van der Waals surface area contributed by atoms with Crippen LogP contribution < -0.4 is 20.7 Å². The van der Waals surface area contributed by atoms with Crippen molar-refractivity contribution in [3.05, 3.63) is 24.3 Å². The fraction of sp³-hybridized carbons (Fsp3) is 0.308. The van der Waals surface area contributed by atoms with Gasteiger partial charge in [0.25, 0.3) is 5.91 Å². The Bertz CT molecular complexity index is 502. The van der Waals surface area contributed by atoms with Crippen LogP contribution >= 0.6 is 0 Å². The summed E-state index contributed by atoms with van der Waals surface area (Å²) in [6.07, 6.45) is 0. The number of hydrogen-bond acceptors (Lipinski definition) is 4. The first-order valence-electron chi connectivity index (χ1n) is 6.10. The molecule has 7 heteroatoms. The molecule has 3 N–H and O–H groups in total. The molecule has 0 saturated heterocycles. The Hall–Kier alpha value is -2.57. The lowest BCUT2D eigenvalue weighted by Gasteiger charge is -2.11. The highest BCUT2D eigenvalue weighted by Crippen LogP contribution is 2.23. The van der Waals surface area contributed by atoms with Gasteiger partial charge in [0.2, 0.25) is 5.91 Å². The van der Waals surface area contributed by atoms with Crippen LogP contribution in [0.2, 0.25) is 0 Å². The molecule has 0 radical (unpaired) electrons. The first-order chi connectivity index (χ1) is 9.52. The molecule has 0 fully saturated rings. The predicted octanol–water partition coefficient (Wildman–Crippen LogP) is 0.869. The standard InChI is InChI=1S/C13H17N3O4/c1-3-14-13(19)16-12(18)8-20-11-7-5-4-6-10(11)15-9(2)17/h4-7H,3,8H2,1-2H3,(H,15,17)(H2,14,16,18,19). The van der Waals surface area contributed by atoms with Crippen molar-refractivity contribution in [3.63, 3.8) is 0 Å². The molecule has 7 nitrogen and oxygen atoms in total. The zero-order valence-electron chi connectivity index (χ0n) is 11.4. The highest BCUT2D eigenvalue weighted by atomic mass is 16.5. The minimum Gasteiger partial charge on any atom is -0.482 e. The molecule has 0 aliphatic rings. The predicted molar refractivity (Wildman–Crippen MR) is 73.5 cm³/mol. The quantitative estimate of drug-likeness (QED) is 0.745. The summed E-state index contributed by atoms with van der Waals surface area (Å²) >= 11 is 0. The number of hydrogen-bond donors (Lipinski definition) is 3. The molecule has 4 amide bonds. The molecule has 0 bridgehead atoms. The first-order valence-corrected chi connectivity index (χ1v) is 6.10. The molecular weight excluding hydrogens is 262 g/mol. The largest absolute Gasteiger partial charge is 0.482 e. The van der Waals surface area contributed by atoms with Crippen molar-refractivity contribution < 1.29 is 19.1 Å². The number of carbonyl (C=O) groups excluding carboxylic acids is 3. The van der Waals surface area contributed by atoms with Crippen molar-refractivity contribution in [2.75, 3.05) is 18.5 Å². The Morgan fingerprint density at radius 1 is 1.20 bits per heavy atom. The van der Waals surface area contributed by atoms with Crippen molar-refractivity contribution in [1.82, 2.24) is 10.6 Å². The summed E-state index contributed by atoms with van der Waals surface area (Å²) in [6.45, 7) is 3.21. The minimum atomic E-state index is -0.575. The summed E-state index contributed by atoms with van der Waals surface area (Å²) in [6, 6.07) is 6.13. The van der Waals surface area contributed by atoms with Crippen LogP contribution in [0.1, 0.15) is 13.8 Å². The molecule has 0 heterocycles. The van der Waals surface area contributed by atoms with Gasteiger partial charge in [-0.1, -0.05) is 12.1 Å². The number of urea groups is 1. The summed E-state index contributed by atoms with van der Waals surface area (Å²) in [4.78, 5) is 33.6. The van der Waals surface area contributed by atoms with Crippen molar-refractivity contribution in [2.24, 2.45) is 0 Å². The SMILES string of the molecule is CCNC(=O)NC(=O)COc1ccccc1NC(C)=O. The average molecular weight is 279 g/mol. The van der Waals surface area contributed by atoms with Crippen LogP contribution in [0.15, 0.2) is 24.3 Å². The van der Waals surface area contributed by atoms with Crippen LogP contribution in [-0.2, 0) is 9.59 Å². The molecule has 0 unspecified atom stereocenters. The van der Waals surface area contributed by atoms with Crippen LogP contribution in [0.3, 0.4) is 0 Å².